The first-order valence-corrected chi connectivity index (χ1v) is 11.9. The van der Waals surface area contributed by atoms with Crippen molar-refractivity contribution in [1.29, 1.82) is 0 Å². The molecule has 0 aliphatic rings. The highest BCUT2D eigenvalue weighted by Gasteiger charge is 2.14. The van der Waals surface area contributed by atoms with Crippen LogP contribution in [0, 0.1) is 20.8 Å². The third-order valence-electron chi connectivity index (χ3n) is 5.51. The highest BCUT2D eigenvalue weighted by molar-refractivity contribution is 7.22. The topological polar surface area (TPSA) is 122 Å². The second kappa shape index (κ2) is 9.59. The van der Waals surface area contributed by atoms with Crippen molar-refractivity contribution in [3.05, 3.63) is 83.2 Å². The monoisotopic (exact) mass is 498 g/mol. The van der Waals surface area contributed by atoms with Gasteiger partial charge in [-0.05, 0) is 68.3 Å². The van der Waals surface area contributed by atoms with Crippen LogP contribution in [0.3, 0.4) is 0 Å². The molecular weight excluding hydrogens is 476 g/mol. The smallest absolute Gasteiger partial charge is 0.325 e. The van der Waals surface area contributed by atoms with Crippen LogP contribution in [-0.4, -0.2) is 27.1 Å². The average Bonchev–Trinajstić information content (AvgIpc) is 3.50. The molecule has 180 valence electrons. The lowest BCUT2D eigenvalue weighted by Gasteiger charge is -2.12. The molecule has 3 aromatic carbocycles. The molecule has 0 aliphatic carbocycles. The van der Waals surface area contributed by atoms with E-state index in [2.05, 4.69) is 31.1 Å². The first-order chi connectivity index (χ1) is 17.4. The van der Waals surface area contributed by atoms with E-state index in [1.807, 2.05) is 32.9 Å². The zero-order chi connectivity index (χ0) is 25.2. The third-order valence-corrected chi connectivity index (χ3v) is 6.45. The van der Waals surface area contributed by atoms with Crippen molar-refractivity contribution in [2.24, 2.45) is 0 Å². The van der Waals surface area contributed by atoms with Crippen molar-refractivity contribution in [2.45, 2.75) is 20.8 Å². The normalized spacial score (nSPS) is 10.9. The molecule has 10 heteroatoms. The van der Waals surface area contributed by atoms with Gasteiger partial charge in [-0.1, -0.05) is 35.1 Å². The molecule has 36 heavy (non-hydrogen) atoms. The standard InChI is InChI=1S/C26H22N6O3S/c1-14-9-15(2)22(16(3)10-14)30-23(33)17-7-8-20-21(12-17)36-26(29-20)31-25(34)28-19-6-4-5-18(11-19)24-32-27-13-35-24/h4-13H,1-3H3,(H,30,33)(H2,28,29,31,34). The Morgan fingerprint density at radius 1 is 0.917 bits per heavy atom. The number of fused-ring (bicyclic) bond motifs is 1. The van der Waals surface area contributed by atoms with Crippen LogP contribution in [0.2, 0.25) is 0 Å². The SMILES string of the molecule is Cc1cc(C)c(NC(=O)c2ccc3nc(NC(=O)Nc4cccc(-c5nnco5)c4)sc3c2)c(C)c1. The van der Waals surface area contributed by atoms with Crippen molar-refractivity contribution in [3.63, 3.8) is 0 Å². The largest absolute Gasteiger partial charge is 0.423 e. The van der Waals surface area contributed by atoms with Gasteiger partial charge < -0.3 is 15.1 Å². The number of benzene rings is 3. The van der Waals surface area contributed by atoms with Crippen LogP contribution in [0.15, 0.2) is 65.4 Å². The van der Waals surface area contributed by atoms with Gasteiger partial charge in [-0.3, -0.25) is 10.1 Å². The summed E-state index contributed by atoms with van der Waals surface area (Å²) < 4.78 is 5.98. The fourth-order valence-electron chi connectivity index (χ4n) is 3.97. The lowest BCUT2D eigenvalue weighted by Crippen LogP contribution is -2.19. The molecule has 3 N–H and O–H groups in total. The summed E-state index contributed by atoms with van der Waals surface area (Å²) in [5, 5.41) is 16.5. The van der Waals surface area contributed by atoms with Crippen LogP contribution in [0.5, 0.6) is 0 Å². The molecule has 9 nitrogen and oxygen atoms in total. The maximum atomic E-state index is 12.9. The Balaban J connectivity index is 1.28. The van der Waals surface area contributed by atoms with Gasteiger partial charge in [-0.15, -0.1) is 10.2 Å². The van der Waals surface area contributed by atoms with E-state index in [9.17, 15) is 9.59 Å². The van der Waals surface area contributed by atoms with Gasteiger partial charge in [0.25, 0.3) is 5.91 Å². The zero-order valence-electron chi connectivity index (χ0n) is 19.7. The Bertz CT molecular complexity index is 1570. The summed E-state index contributed by atoms with van der Waals surface area (Å²) >= 11 is 1.29. The molecule has 2 aromatic heterocycles. The van der Waals surface area contributed by atoms with Crippen LogP contribution >= 0.6 is 11.3 Å². The number of amides is 3. The number of anilines is 3. The first-order valence-electron chi connectivity index (χ1n) is 11.1. The van der Waals surface area contributed by atoms with Gasteiger partial charge in [0.2, 0.25) is 12.3 Å². The van der Waals surface area contributed by atoms with Crippen LogP contribution in [0.25, 0.3) is 21.7 Å². The number of urea groups is 1. The van der Waals surface area contributed by atoms with E-state index in [4.69, 9.17) is 4.42 Å². The van der Waals surface area contributed by atoms with Crippen LogP contribution in [0.1, 0.15) is 27.0 Å². The van der Waals surface area contributed by atoms with Crippen LogP contribution in [-0.2, 0) is 0 Å². The van der Waals surface area contributed by atoms with Crippen molar-refractivity contribution in [3.8, 4) is 11.5 Å². The maximum absolute atomic E-state index is 12.9. The molecule has 0 saturated heterocycles. The number of aromatic nitrogens is 3. The first kappa shape index (κ1) is 23.2. The fraction of sp³-hybridized carbons (Fsp3) is 0.115. The third kappa shape index (κ3) is 4.93. The van der Waals surface area contributed by atoms with E-state index >= 15 is 0 Å². The minimum atomic E-state index is -0.444. The molecule has 5 rings (SSSR count). The fourth-order valence-corrected chi connectivity index (χ4v) is 4.87. The molecule has 2 heterocycles. The summed E-state index contributed by atoms with van der Waals surface area (Å²) in [6, 6.07) is 16.0. The molecule has 0 fully saturated rings. The molecule has 0 aliphatic heterocycles. The van der Waals surface area contributed by atoms with Gasteiger partial charge in [0.1, 0.15) is 0 Å². The summed E-state index contributed by atoms with van der Waals surface area (Å²) in [5.41, 5.74) is 6.44. The van der Waals surface area contributed by atoms with Gasteiger partial charge in [0.05, 0.1) is 10.2 Å². The van der Waals surface area contributed by atoms with Crippen molar-refractivity contribution in [2.75, 3.05) is 16.0 Å². The van der Waals surface area contributed by atoms with Gasteiger partial charge in [-0.25, -0.2) is 9.78 Å². The van der Waals surface area contributed by atoms with E-state index in [-0.39, 0.29) is 5.91 Å². The van der Waals surface area contributed by atoms with Crippen LogP contribution in [0.4, 0.5) is 21.3 Å². The van der Waals surface area contributed by atoms with Gasteiger partial charge in [-0.2, -0.15) is 0 Å². The number of hydrogen-bond acceptors (Lipinski definition) is 7. The van der Waals surface area contributed by atoms with Crippen LogP contribution < -0.4 is 16.0 Å². The summed E-state index contributed by atoms with van der Waals surface area (Å²) in [4.78, 5) is 29.9. The Kier molecular flexibility index (Phi) is 6.17. The number of thiazole rings is 1. The molecule has 0 radical (unpaired) electrons. The number of nitrogens with one attached hydrogen (secondary N) is 3. The molecule has 0 bridgehead atoms. The summed E-state index contributed by atoms with van der Waals surface area (Å²) in [6.45, 7) is 5.99. The quantitative estimate of drug-likeness (QED) is 0.266. The lowest BCUT2D eigenvalue weighted by atomic mass is 10.0. The molecular formula is C26H22N6O3S. The lowest BCUT2D eigenvalue weighted by molar-refractivity contribution is 0.102. The Hall–Kier alpha value is -4.57. The molecule has 5 aromatic rings. The summed E-state index contributed by atoms with van der Waals surface area (Å²) in [6.07, 6.45) is 1.24. The molecule has 0 spiro atoms. The number of nitrogens with zero attached hydrogens (tertiary/aromatic N) is 3. The van der Waals surface area contributed by atoms with Gasteiger partial charge in [0, 0.05) is 22.5 Å². The average molecular weight is 499 g/mol. The Labute approximate surface area is 210 Å². The van der Waals surface area contributed by atoms with E-state index in [0.717, 1.165) is 27.1 Å². The second-order valence-electron chi connectivity index (χ2n) is 8.33. The van der Waals surface area contributed by atoms with Gasteiger partial charge in [0.15, 0.2) is 5.13 Å². The van der Waals surface area contributed by atoms with Gasteiger partial charge >= 0.3 is 6.03 Å². The molecule has 0 saturated carbocycles. The highest BCUT2D eigenvalue weighted by Crippen LogP contribution is 2.28. The number of carbonyl (C=O) groups excluding carboxylic acids is 2. The Morgan fingerprint density at radius 2 is 1.72 bits per heavy atom. The zero-order valence-corrected chi connectivity index (χ0v) is 20.6. The summed E-state index contributed by atoms with van der Waals surface area (Å²) in [5.74, 6) is 0.159. The van der Waals surface area contributed by atoms with E-state index in [1.54, 1.807) is 42.5 Å². The highest BCUT2D eigenvalue weighted by atomic mass is 32.1. The predicted molar refractivity (Wildman–Crippen MR) is 141 cm³/mol. The molecule has 3 amide bonds. The predicted octanol–water partition coefficient (Wildman–Crippen LogP) is 6.17. The second-order valence-corrected chi connectivity index (χ2v) is 9.36. The van der Waals surface area contributed by atoms with E-state index < -0.39 is 6.03 Å². The van der Waals surface area contributed by atoms with Crippen molar-refractivity contribution in [1.82, 2.24) is 15.2 Å². The van der Waals surface area contributed by atoms with Crippen molar-refractivity contribution >= 4 is 50.0 Å². The number of rotatable bonds is 5. The molecule has 0 unspecified atom stereocenters. The van der Waals surface area contributed by atoms with E-state index in [1.165, 1.54) is 17.7 Å². The maximum Gasteiger partial charge on any atom is 0.325 e. The molecule has 0 atom stereocenters. The van der Waals surface area contributed by atoms with Crippen molar-refractivity contribution < 1.29 is 14.0 Å². The summed E-state index contributed by atoms with van der Waals surface area (Å²) in [7, 11) is 0. The minimum Gasteiger partial charge on any atom is -0.423 e. The number of aryl methyl sites for hydroxylation is 3. The number of hydrogen-bond donors (Lipinski definition) is 3. The minimum absolute atomic E-state index is 0.200. The Morgan fingerprint density at radius 3 is 2.47 bits per heavy atom. The van der Waals surface area contributed by atoms with E-state index in [0.29, 0.717) is 33.4 Å². The number of carbonyl (C=O) groups is 2.